The van der Waals surface area contributed by atoms with Gasteiger partial charge < -0.3 is 4.90 Å². The van der Waals surface area contributed by atoms with Crippen molar-refractivity contribution in [1.82, 2.24) is 9.80 Å². The third kappa shape index (κ3) is 2.67. The van der Waals surface area contributed by atoms with Crippen LogP contribution < -0.4 is 0 Å². The van der Waals surface area contributed by atoms with Gasteiger partial charge in [-0.05, 0) is 40.9 Å². The normalized spacial score (nSPS) is 20.6. The van der Waals surface area contributed by atoms with Crippen molar-refractivity contribution >= 4 is 21.8 Å². The van der Waals surface area contributed by atoms with Crippen molar-refractivity contribution < 1.29 is 9.18 Å². The third-order valence-electron chi connectivity index (χ3n) is 3.84. The number of hydrogen-bond donors (Lipinski definition) is 0. The van der Waals surface area contributed by atoms with Crippen LogP contribution in [-0.4, -0.2) is 47.9 Å². The Morgan fingerprint density at radius 1 is 1.21 bits per heavy atom. The van der Waals surface area contributed by atoms with Gasteiger partial charge in [0.05, 0.1) is 5.56 Å². The summed E-state index contributed by atoms with van der Waals surface area (Å²) in [4.78, 5) is 16.6. The smallest absolute Gasteiger partial charge is 0.258 e. The fraction of sp³-hybridized carbons (Fsp3) is 0.500. The van der Waals surface area contributed by atoms with Crippen molar-refractivity contribution in [3.8, 4) is 0 Å². The van der Waals surface area contributed by atoms with Crippen LogP contribution in [0.1, 0.15) is 23.2 Å². The monoisotopic (exact) mass is 326 g/mol. The highest BCUT2D eigenvalue weighted by Gasteiger charge is 2.33. The molecule has 1 saturated heterocycles. The highest BCUT2D eigenvalue weighted by atomic mass is 79.9. The van der Waals surface area contributed by atoms with Crippen LogP contribution in [0.5, 0.6) is 0 Å². The largest absolute Gasteiger partial charge is 0.336 e. The van der Waals surface area contributed by atoms with Crippen LogP contribution in [0.4, 0.5) is 4.39 Å². The van der Waals surface area contributed by atoms with Crippen molar-refractivity contribution in [1.29, 1.82) is 0 Å². The molecule has 19 heavy (non-hydrogen) atoms. The number of piperazine rings is 1. The van der Waals surface area contributed by atoms with Crippen LogP contribution in [0.2, 0.25) is 0 Å². The number of hydrogen-bond acceptors (Lipinski definition) is 2. The molecule has 0 atom stereocenters. The molecule has 0 spiro atoms. The minimum absolute atomic E-state index is 0.155. The average molecular weight is 327 g/mol. The van der Waals surface area contributed by atoms with Crippen LogP contribution >= 0.6 is 15.9 Å². The van der Waals surface area contributed by atoms with Gasteiger partial charge in [-0.2, -0.15) is 0 Å². The molecule has 102 valence electrons. The Hall–Kier alpha value is -0.940. The zero-order valence-corrected chi connectivity index (χ0v) is 12.2. The lowest BCUT2D eigenvalue weighted by molar-refractivity contribution is 0.0622. The number of amides is 1. The maximum atomic E-state index is 13.8. The molecule has 0 aromatic heterocycles. The van der Waals surface area contributed by atoms with Crippen molar-refractivity contribution in [2.45, 2.75) is 18.9 Å². The number of carbonyl (C=O) groups excluding carboxylic acids is 1. The zero-order valence-electron chi connectivity index (χ0n) is 10.6. The van der Waals surface area contributed by atoms with Gasteiger partial charge in [-0.15, -0.1) is 0 Å². The van der Waals surface area contributed by atoms with E-state index in [1.54, 1.807) is 17.0 Å². The van der Waals surface area contributed by atoms with Crippen LogP contribution in [0.3, 0.4) is 0 Å². The molecule has 2 fully saturated rings. The standard InChI is InChI=1S/C14H16BrFN2O/c15-11-2-1-3-12(16)13(11)14(19)18-8-6-17(7-9-18)10-4-5-10/h1-3,10H,4-9H2. The SMILES string of the molecule is O=C(c1c(F)cccc1Br)N1CCN(C2CC2)CC1. The zero-order chi connectivity index (χ0) is 13.4. The fourth-order valence-corrected chi connectivity index (χ4v) is 3.10. The van der Waals surface area contributed by atoms with E-state index in [4.69, 9.17) is 0 Å². The summed E-state index contributed by atoms with van der Waals surface area (Å²) in [6, 6.07) is 5.37. The van der Waals surface area contributed by atoms with Gasteiger partial charge in [0.15, 0.2) is 0 Å². The summed E-state index contributed by atoms with van der Waals surface area (Å²) in [5, 5.41) is 0. The molecule has 0 bridgehead atoms. The molecule has 0 unspecified atom stereocenters. The van der Waals surface area contributed by atoms with E-state index in [1.807, 2.05) is 0 Å². The molecular weight excluding hydrogens is 311 g/mol. The van der Waals surface area contributed by atoms with E-state index in [0.717, 1.165) is 19.1 Å². The Labute approximate surface area is 120 Å². The van der Waals surface area contributed by atoms with E-state index in [1.165, 1.54) is 18.9 Å². The van der Waals surface area contributed by atoms with E-state index in [2.05, 4.69) is 20.8 Å². The van der Waals surface area contributed by atoms with Gasteiger partial charge in [0, 0.05) is 36.7 Å². The molecule has 3 rings (SSSR count). The quantitative estimate of drug-likeness (QED) is 0.833. The Balaban J connectivity index is 1.70. The van der Waals surface area contributed by atoms with Gasteiger partial charge in [-0.25, -0.2) is 4.39 Å². The predicted molar refractivity (Wildman–Crippen MR) is 74.6 cm³/mol. The summed E-state index contributed by atoms with van der Waals surface area (Å²) in [5.41, 5.74) is 0.155. The molecule has 0 N–H and O–H groups in total. The van der Waals surface area contributed by atoms with Gasteiger partial charge in [0.1, 0.15) is 5.82 Å². The minimum atomic E-state index is -0.455. The van der Waals surface area contributed by atoms with Crippen molar-refractivity contribution in [2.24, 2.45) is 0 Å². The summed E-state index contributed by atoms with van der Waals surface area (Å²) in [6.45, 7) is 3.19. The van der Waals surface area contributed by atoms with Crippen molar-refractivity contribution in [3.63, 3.8) is 0 Å². The lowest BCUT2D eigenvalue weighted by atomic mass is 10.1. The second kappa shape index (κ2) is 5.21. The molecule has 1 aromatic carbocycles. The summed E-state index contributed by atoms with van der Waals surface area (Å²) in [6.07, 6.45) is 2.57. The second-order valence-electron chi connectivity index (χ2n) is 5.16. The Morgan fingerprint density at radius 3 is 2.47 bits per heavy atom. The fourth-order valence-electron chi connectivity index (χ4n) is 2.59. The molecule has 1 saturated carbocycles. The first-order valence-corrected chi connectivity index (χ1v) is 7.43. The second-order valence-corrected chi connectivity index (χ2v) is 6.01. The van der Waals surface area contributed by atoms with Gasteiger partial charge >= 0.3 is 0 Å². The van der Waals surface area contributed by atoms with E-state index in [0.29, 0.717) is 17.6 Å². The average Bonchev–Trinajstić information content (AvgIpc) is 3.23. The predicted octanol–water partition coefficient (Wildman–Crippen LogP) is 2.51. The first kappa shape index (κ1) is 13.1. The molecule has 1 amide bonds. The number of rotatable bonds is 2. The van der Waals surface area contributed by atoms with E-state index in [-0.39, 0.29) is 11.5 Å². The van der Waals surface area contributed by atoms with E-state index in [9.17, 15) is 9.18 Å². The highest BCUT2D eigenvalue weighted by molar-refractivity contribution is 9.10. The van der Waals surface area contributed by atoms with Gasteiger partial charge in [-0.3, -0.25) is 9.69 Å². The highest BCUT2D eigenvalue weighted by Crippen LogP contribution is 2.28. The lowest BCUT2D eigenvalue weighted by Gasteiger charge is -2.35. The van der Waals surface area contributed by atoms with Crippen LogP contribution in [0.15, 0.2) is 22.7 Å². The van der Waals surface area contributed by atoms with Crippen LogP contribution in [-0.2, 0) is 0 Å². The number of halogens is 2. The summed E-state index contributed by atoms with van der Waals surface area (Å²) < 4.78 is 14.3. The van der Waals surface area contributed by atoms with Crippen LogP contribution in [0, 0.1) is 5.82 Å². The first-order chi connectivity index (χ1) is 9.16. The van der Waals surface area contributed by atoms with Gasteiger partial charge in [-0.1, -0.05) is 6.07 Å². The minimum Gasteiger partial charge on any atom is -0.336 e. The maximum absolute atomic E-state index is 13.8. The molecule has 0 radical (unpaired) electrons. The van der Waals surface area contributed by atoms with Gasteiger partial charge in [0.25, 0.3) is 5.91 Å². The molecule has 1 aliphatic heterocycles. The summed E-state index contributed by atoms with van der Waals surface area (Å²) >= 11 is 3.26. The molecular formula is C14H16BrFN2O. The van der Waals surface area contributed by atoms with Gasteiger partial charge in [0.2, 0.25) is 0 Å². The number of carbonyl (C=O) groups is 1. The number of nitrogens with zero attached hydrogens (tertiary/aromatic N) is 2. The topological polar surface area (TPSA) is 23.6 Å². The maximum Gasteiger partial charge on any atom is 0.258 e. The van der Waals surface area contributed by atoms with Crippen molar-refractivity contribution in [3.05, 3.63) is 34.1 Å². The Morgan fingerprint density at radius 2 is 1.89 bits per heavy atom. The van der Waals surface area contributed by atoms with Crippen LogP contribution in [0.25, 0.3) is 0 Å². The Kier molecular flexibility index (Phi) is 3.58. The molecule has 1 aliphatic carbocycles. The first-order valence-electron chi connectivity index (χ1n) is 6.64. The molecule has 5 heteroatoms. The van der Waals surface area contributed by atoms with E-state index < -0.39 is 5.82 Å². The molecule has 1 aromatic rings. The lowest BCUT2D eigenvalue weighted by Crippen LogP contribution is -2.49. The molecule has 1 heterocycles. The summed E-state index contributed by atoms with van der Waals surface area (Å²) in [7, 11) is 0. The number of benzene rings is 1. The summed E-state index contributed by atoms with van der Waals surface area (Å²) in [5.74, 6) is -0.663. The third-order valence-corrected chi connectivity index (χ3v) is 4.50. The van der Waals surface area contributed by atoms with E-state index >= 15 is 0 Å². The molecule has 3 nitrogen and oxygen atoms in total. The van der Waals surface area contributed by atoms with Crippen molar-refractivity contribution in [2.75, 3.05) is 26.2 Å². The molecule has 2 aliphatic rings. The Bertz CT molecular complexity index is 476.